The lowest BCUT2D eigenvalue weighted by Gasteiger charge is -2.14. The first-order valence-corrected chi connectivity index (χ1v) is 10.1. The summed E-state index contributed by atoms with van der Waals surface area (Å²) in [6.07, 6.45) is 3.39. The first-order chi connectivity index (χ1) is 14.0. The number of hydrogen-bond acceptors (Lipinski definition) is 5. The third-order valence-electron chi connectivity index (χ3n) is 4.34. The lowest BCUT2D eigenvalue weighted by molar-refractivity contribution is -0.123. The number of benzene rings is 2. The summed E-state index contributed by atoms with van der Waals surface area (Å²) in [5, 5.41) is -0.281. The molecule has 0 atom stereocenters. The van der Waals surface area contributed by atoms with Gasteiger partial charge in [0.1, 0.15) is 24.7 Å². The highest BCUT2D eigenvalue weighted by Gasteiger charge is 2.34. The molecule has 5 nitrogen and oxygen atoms in total. The normalized spacial score (nSPS) is 15.1. The average molecular weight is 410 g/mol. The molecule has 150 valence electrons. The summed E-state index contributed by atoms with van der Waals surface area (Å²) >= 11 is 0.945. The van der Waals surface area contributed by atoms with Crippen molar-refractivity contribution in [2.45, 2.75) is 13.8 Å². The molecule has 2 amide bonds. The van der Waals surface area contributed by atoms with E-state index in [9.17, 15) is 9.59 Å². The Morgan fingerprint density at radius 3 is 2.55 bits per heavy atom. The maximum atomic E-state index is 12.6. The van der Waals surface area contributed by atoms with Gasteiger partial charge in [-0.2, -0.15) is 0 Å². The van der Waals surface area contributed by atoms with Crippen molar-refractivity contribution in [1.29, 1.82) is 0 Å². The third-order valence-corrected chi connectivity index (χ3v) is 5.24. The predicted octanol–water partition coefficient (Wildman–Crippen LogP) is 4.98. The molecule has 0 bridgehead atoms. The zero-order valence-corrected chi connectivity index (χ0v) is 17.3. The van der Waals surface area contributed by atoms with Gasteiger partial charge < -0.3 is 9.47 Å². The van der Waals surface area contributed by atoms with Crippen molar-refractivity contribution < 1.29 is 19.1 Å². The number of carbonyl (C=O) groups excluding carboxylic acids is 2. The standard InChI is InChI=1S/C23H23NO4S/c1-4-12-27-19-9-7-18(8-10-19)15-21-22(25)24(23(26)29-21)11-13-28-20-14-16(2)5-6-17(20)3/h4-10,14-15H,1,11-13H2,2-3H3/b21-15-. The maximum absolute atomic E-state index is 12.6. The molecule has 1 saturated heterocycles. The smallest absolute Gasteiger partial charge is 0.293 e. The second-order valence-corrected chi connectivity index (χ2v) is 7.61. The summed E-state index contributed by atoms with van der Waals surface area (Å²) in [5.41, 5.74) is 2.94. The molecule has 2 aromatic rings. The topological polar surface area (TPSA) is 55.8 Å². The monoisotopic (exact) mass is 409 g/mol. The van der Waals surface area contributed by atoms with Gasteiger partial charge in [-0.15, -0.1) is 0 Å². The van der Waals surface area contributed by atoms with Crippen molar-refractivity contribution in [3.63, 3.8) is 0 Å². The average Bonchev–Trinajstić information content (AvgIpc) is 2.97. The predicted molar refractivity (Wildman–Crippen MR) is 116 cm³/mol. The Morgan fingerprint density at radius 2 is 1.83 bits per heavy atom. The number of carbonyl (C=O) groups is 2. The number of amides is 2. The molecule has 0 aliphatic carbocycles. The minimum atomic E-state index is -0.295. The van der Waals surface area contributed by atoms with E-state index in [2.05, 4.69) is 6.58 Å². The van der Waals surface area contributed by atoms with Gasteiger partial charge in [0.15, 0.2) is 0 Å². The number of thioether (sulfide) groups is 1. The molecule has 6 heteroatoms. The van der Waals surface area contributed by atoms with E-state index in [1.165, 1.54) is 4.90 Å². The fraction of sp³-hybridized carbons (Fsp3) is 0.217. The Bertz CT molecular complexity index is 950. The highest BCUT2D eigenvalue weighted by Crippen LogP contribution is 2.32. The van der Waals surface area contributed by atoms with E-state index in [0.717, 1.165) is 40.0 Å². The first kappa shape index (κ1) is 20.7. The molecule has 1 aliphatic heterocycles. The van der Waals surface area contributed by atoms with Crippen molar-refractivity contribution in [2.24, 2.45) is 0 Å². The van der Waals surface area contributed by atoms with E-state index >= 15 is 0 Å². The van der Waals surface area contributed by atoms with Gasteiger partial charge >= 0.3 is 0 Å². The molecule has 1 fully saturated rings. The lowest BCUT2D eigenvalue weighted by atomic mass is 10.1. The van der Waals surface area contributed by atoms with Crippen LogP contribution in [0.1, 0.15) is 16.7 Å². The summed E-state index contributed by atoms with van der Waals surface area (Å²) in [5.74, 6) is 1.20. The fourth-order valence-electron chi connectivity index (χ4n) is 2.77. The van der Waals surface area contributed by atoms with Gasteiger partial charge in [-0.25, -0.2) is 0 Å². The summed E-state index contributed by atoms with van der Waals surface area (Å²) in [6.45, 7) is 8.47. The van der Waals surface area contributed by atoms with Crippen LogP contribution in [0.5, 0.6) is 11.5 Å². The summed E-state index contributed by atoms with van der Waals surface area (Å²) < 4.78 is 11.2. The molecule has 0 N–H and O–H groups in total. The van der Waals surface area contributed by atoms with E-state index in [1.807, 2.05) is 56.3 Å². The van der Waals surface area contributed by atoms with E-state index in [4.69, 9.17) is 9.47 Å². The van der Waals surface area contributed by atoms with Gasteiger partial charge in [0.2, 0.25) is 0 Å². The Morgan fingerprint density at radius 1 is 1.07 bits per heavy atom. The number of hydrogen-bond donors (Lipinski definition) is 0. The summed E-state index contributed by atoms with van der Waals surface area (Å²) in [6, 6.07) is 13.3. The lowest BCUT2D eigenvalue weighted by Crippen LogP contribution is -2.32. The van der Waals surface area contributed by atoms with Gasteiger partial charge in [0, 0.05) is 0 Å². The van der Waals surface area contributed by atoms with Crippen molar-refractivity contribution in [2.75, 3.05) is 19.8 Å². The molecule has 3 rings (SSSR count). The number of nitrogens with zero attached hydrogens (tertiary/aromatic N) is 1. The Labute approximate surface area is 175 Å². The Kier molecular flexibility index (Phi) is 6.77. The zero-order chi connectivity index (χ0) is 20.8. The van der Waals surface area contributed by atoms with Crippen LogP contribution in [0.25, 0.3) is 6.08 Å². The van der Waals surface area contributed by atoms with E-state index < -0.39 is 0 Å². The second kappa shape index (κ2) is 9.47. The van der Waals surface area contributed by atoms with Crippen LogP contribution < -0.4 is 9.47 Å². The number of aryl methyl sites for hydroxylation is 2. The molecule has 1 aliphatic rings. The number of rotatable bonds is 8. The molecule has 0 aromatic heterocycles. The molecule has 0 spiro atoms. The van der Waals surface area contributed by atoms with Crippen molar-refractivity contribution >= 4 is 29.0 Å². The van der Waals surface area contributed by atoms with Crippen LogP contribution in [0.4, 0.5) is 4.79 Å². The van der Waals surface area contributed by atoms with Crippen LogP contribution in [0, 0.1) is 13.8 Å². The molecular weight excluding hydrogens is 386 g/mol. The molecule has 1 heterocycles. The van der Waals surface area contributed by atoms with E-state index in [-0.39, 0.29) is 24.3 Å². The van der Waals surface area contributed by atoms with Crippen molar-refractivity contribution in [1.82, 2.24) is 4.90 Å². The van der Waals surface area contributed by atoms with Gasteiger partial charge in [-0.05, 0) is 66.6 Å². The Balaban J connectivity index is 1.61. The van der Waals surface area contributed by atoms with Crippen LogP contribution in [0.2, 0.25) is 0 Å². The van der Waals surface area contributed by atoms with Crippen LogP contribution in [-0.2, 0) is 4.79 Å². The minimum absolute atomic E-state index is 0.212. The van der Waals surface area contributed by atoms with Gasteiger partial charge in [-0.3, -0.25) is 14.5 Å². The van der Waals surface area contributed by atoms with Crippen LogP contribution in [-0.4, -0.2) is 35.8 Å². The van der Waals surface area contributed by atoms with E-state index in [0.29, 0.717) is 11.5 Å². The molecule has 0 radical (unpaired) electrons. The van der Waals surface area contributed by atoms with Gasteiger partial charge in [-0.1, -0.05) is 36.9 Å². The first-order valence-electron chi connectivity index (χ1n) is 9.27. The third kappa shape index (κ3) is 5.29. The fourth-order valence-corrected chi connectivity index (χ4v) is 3.63. The number of imide groups is 1. The molecular formula is C23H23NO4S. The van der Waals surface area contributed by atoms with E-state index in [1.54, 1.807) is 12.2 Å². The SMILES string of the molecule is C=CCOc1ccc(/C=C2\SC(=O)N(CCOc3cc(C)ccc3C)C2=O)cc1. The Hall–Kier alpha value is -2.99. The molecule has 0 unspecified atom stereocenters. The summed E-state index contributed by atoms with van der Waals surface area (Å²) in [7, 11) is 0. The van der Waals surface area contributed by atoms with Gasteiger partial charge in [0.05, 0.1) is 11.4 Å². The highest BCUT2D eigenvalue weighted by atomic mass is 32.2. The van der Waals surface area contributed by atoms with Crippen LogP contribution >= 0.6 is 11.8 Å². The molecule has 2 aromatic carbocycles. The highest BCUT2D eigenvalue weighted by molar-refractivity contribution is 8.18. The van der Waals surface area contributed by atoms with Gasteiger partial charge in [0.25, 0.3) is 11.1 Å². The summed E-state index contributed by atoms with van der Waals surface area (Å²) in [4.78, 5) is 26.5. The quantitative estimate of drug-likeness (QED) is 0.454. The van der Waals surface area contributed by atoms with Crippen molar-refractivity contribution in [3.8, 4) is 11.5 Å². The van der Waals surface area contributed by atoms with Crippen molar-refractivity contribution in [3.05, 3.63) is 76.7 Å². The zero-order valence-electron chi connectivity index (χ0n) is 16.5. The minimum Gasteiger partial charge on any atom is -0.491 e. The molecule has 29 heavy (non-hydrogen) atoms. The maximum Gasteiger partial charge on any atom is 0.293 e. The second-order valence-electron chi connectivity index (χ2n) is 6.62. The number of ether oxygens (including phenoxy) is 2. The molecule has 0 saturated carbocycles. The van der Waals surface area contributed by atoms with Crippen LogP contribution in [0.15, 0.2) is 60.0 Å². The van der Waals surface area contributed by atoms with Crippen LogP contribution in [0.3, 0.4) is 0 Å². The largest absolute Gasteiger partial charge is 0.491 e.